The number of aliphatic hydroxyl groups excluding tert-OH is 2. The third-order valence-corrected chi connectivity index (χ3v) is 9.89. The van der Waals surface area contributed by atoms with E-state index in [2.05, 4.69) is 22.5 Å². The SMILES string of the molecule is CCCCCCCCCCC(C)C(=O)O[C@@H]1[C@H](OC)[C@@H]([C@@H](O[C@H]2OC(C(=O)N[C@H]3CCCCNC3=O)=C[C@H](O)[C@@H]2O)C(N)=O)O[C@H]1n1ccc(=O)[nH]c1=O. The fourth-order valence-corrected chi connectivity index (χ4v) is 6.75. The van der Waals surface area contributed by atoms with Gasteiger partial charge in [-0.05, 0) is 31.8 Å². The van der Waals surface area contributed by atoms with Gasteiger partial charge < -0.3 is 50.3 Å². The first kappa shape index (κ1) is 42.6. The zero-order chi connectivity index (χ0) is 39.4. The van der Waals surface area contributed by atoms with Crippen molar-refractivity contribution in [1.29, 1.82) is 0 Å². The summed E-state index contributed by atoms with van der Waals surface area (Å²) in [7, 11) is 1.24. The summed E-state index contributed by atoms with van der Waals surface area (Å²) in [5, 5.41) is 26.6. The fourth-order valence-electron chi connectivity index (χ4n) is 6.75. The maximum absolute atomic E-state index is 13.5. The molecule has 0 aromatic carbocycles. The van der Waals surface area contributed by atoms with Crippen molar-refractivity contribution in [1.82, 2.24) is 20.2 Å². The monoisotopic (exact) mass is 765 g/mol. The lowest BCUT2D eigenvalue weighted by molar-refractivity contribution is -0.241. The Morgan fingerprint density at radius 1 is 1.06 bits per heavy atom. The van der Waals surface area contributed by atoms with Crippen LogP contribution in [0.1, 0.15) is 97.1 Å². The summed E-state index contributed by atoms with van der Waals surface area (Å²) < 4.78 is 30.1. The number of rotatable bonds is 19. The summed E-state index contributed by atoms with van der Waals surface area (Å²) in [6.45, 7) is 4.34. The molecule has 18 nitrogen and oxygen atoms in total. The van der Waals surface area contributed by atoms with Gasteiger partial charge in [-0.25, -0.2) is 4.79 Å². The van der Waals surface area contributed by atoms with Crippen LogP contribution >= 0.6 is 0 Å². The molecule has 2 fully saturated rings. The average Bonchev–Trinajstić information content (AvgIpc) is 3.35. The number of aromatic amines is 1. The van der Waals surface area contributed by atoms with E-state index in [1.165, 1.54) is 32.8 Å². The maximum atomic E-state index is 13.5. The van der Waals surface area contributed by atoms with Crippen molar-refractivity contribution in [2.75, 3.05) is 13.7 Å². The Morgan fingerprint density at radius 2 is 1.76 bits per heavy atom. The molecule has 302 valence electrons. The minimum absolute atomic E-state index is 0.362. The quantitative estimate of drug-likeness (QED) is 0.0811. The van der Waals surface area contributed by atoms with Crippen LogP contribution in [0.3, 0.4) is 0 Å². The minimum Gasteiger partial charge on any atom is -0.456 e. The second-order valence-corrected chi connectivity index (χ2v) is 14.0. The first-order chi connectivity index (χ1) is 25.9. The maximum Gasteiger partial charge on any atom is 0.330 e. The van der Waals surface area contributed by atoms with Crippen LogP contribution in [0, 0.1) is 5.92 Å². The van der Waals surface area contributed by atoms with Crippen molar-refractivity contribution in [2.24, 2.45) is 11.7 Å². The van der Waals surface area contributed by atoms with Gasteiger partial charge in [0.05, 0.1) is 5.92 Å². The van der Waals surface area contributed by atoms with Crippen LogP contribution in [0.15, 0.2) is 33.7 Å². The number of carbonyl (C=O) groups is 4. The second-order valence-electron chi connectivity index (χ2n) is 14.0. The molecule has 1 aromatic heterocycles. The molecule has 2 saturated heterocycles. The number of nitrogens with one attached hydrogen (secondary N) is 3. The molecule has 4 heterocycles. The summed E-state index contributed by atoms with van der Waals surface area (Å²) >= 11 is 0. The van der Waals surface area contributed by atoms with Crippen molar-refractivity contribution < 1.29 is 53.1 Å². The van der Waals surface area contributed by atoms with E-state index in [9.17, 15) is 39.0 Å². The Balaban J connectivity index is 1.51. The van der Waals surface area contributed by atoms with Gasteiger partial charge in [-0.3, -0.25) is 33.5 Å². The Labute approximate surface area is 313 Å². The number of amides is 3. The molecule has 0 spiro atoms. The molecule has 1 aromatic rings. The van der Waals surface area contributed by atoms with Gasteiger partial charge in [0.15, 0.2) is 24.2 Å². The van der Waals surface area contributed by atoms with Crippen LogP contribution in [0.4, 0.5) is 0 Å². The molecule has 0 radical (unpaired) electrons. The molecule has 1 unspecified atom stereocenters. The number of ether oxygens (including phenoxy) is 5. The molecule has 0 saturated carbocycles. The van der Waals surface area contributed by atoms with Gasteiger partial charge in [0, 0.05) is 25.9 Å². The van der Waals surface area contributed by atoms with E-state index in [1.54, 1.807) is 6.92 Å². The Kier molecular flexibility index (Phi) is 16.2. The number of aromatic nitrogens is 2. The Morgan fingerprint density at radius 3 is 2.43 bits per heavy atom. The topological polar surface area (TPSA) is 260 Å². The van der Waals surface area contributed by atoms with Crippen molar-refractivity contribution in [3.8, 4) is 0 Å². The lowest BCUT2D eigenvalue weighted by atomic mass is 10.0. The zero-order valence-corrected chi connectivity index (χ0v) is 31.1. The van der Waals surface area contributed by atoms with Gasteiger partial charge in [-0.1, -0.05) is 65.2 Å². The van der Waals surface area contributed by atoms with Crippen LogP contribution < -0.4 is 27.6 Å². The minimum atomic E-state index is -1.88. The van der Waals surface area contributed by atoms with E-state index in [0.29, 0.717) is 25.8 Å². The van der Waals surface area contributed by atoms with E-state index in [4.69, 9.17) is 29.4 Å². The lowest BCUT2D eigenvalue weighted by Gasteiger charge is -2.35. The van der Waals surface area contributed by atoms with Crippen molar-refractivity contribution in [3.05, 3.63) is 44.9 Å². The summed E-state index contributed by atoms with van der Waals surface area (Å²) in [5.74, 6) is -4.10. The van der Waals surface area contributed by atoms with Crippen LogP contribution in [0.25, 0.3) is 0 Å². The highest BCUT2D eigenvalue weighted by atomic mass is 16.7. The van der Waals surface area contributed by atoms with E-state index >= 15 is 0 Å². The van der Waals surface area contributed by atoms with Crippen LogP contribution in [-0.4, -0.2) is 106 Å². The predicted octanol–water partition coefficient (Wildman–Crippen LogP) is 0.145. The second kappa shape index (κ2) is 20.5. The molecule has 4 rings (SSSR count). The summed E-state index contributed by atoms with van der Waals surface area (Å²) in [6.07, 6.45) is 0.0841. The molecule has 7 N–H and O–H groups in total. The number of nitrogens with zero attached hydrogens (tertiary/aromatic N) is 1. The Bertz CT molecular complexity index is 1580. The third kappa shape index (κ3) is 11.2. The van der Waals surface area contributed by atoms with Gasteiger partial charge in [-0.15, -0.1) is 0 Å². The van der Waals surface area contributed by atoms with E-state index in [1.807, 2.05) is 0 Å². The highest BCUT2D eigenvalue weighted by Crippen LogP contribution is 2.37. The standard InChI is InChI=1S/C36H55N5O13/c1-4-5-6-7-8-9-10-11-14-20(2)34(48)53-29-26(50-3)27(52-33(29)41-18-16-24(43)40-36(41)49)28(30(37)45)54-35-25(44)22(42)19-23(51-35)32(47)39-21-15-12-13-17-38-31(21)46/h16,18-22,25-29,33,35,42,44H,4-15,17H2,1-3H3,(H2,37,45)(H,38,46)(H,39,47)(H,40,43,49)/t20?,21-,22-,25-,26+,27-,28+,29+,33+,35+/m0/s1. The summed E-state index contributed by atoms with van der Waals surface area (Å²) in [4.78, 5) is 78.9. The van der Waals surface area contributed by atoms with Crippen LogP contribution in [0.2, 0.25) is 0 Å². The van der Waals surface area contributed by atoms with Crippen molar-refractivity contribution >= 4 is 23.7 Å². The number of carbonyl (C=O) groups excluding carboxylic acids is 4. The van der Waals surface area contributed by atoms with E-state index < -0.39 is 102 Å². The molecular weight excluding hydrogens is 710 g/mol. The number of methoxy groups -OCH3 is 1. The summed E-state index contributed by atoms with van der Waals surface area (Å²) in [6, 6.07) is 0.174. The number of hydrogen-bond acceptors (Lipinski definition) is 13. The van der Waals surface area contributed by atoms with E-state index in [0.717, 1.165) is 55.0 Å². The van der Waals surface area contributed by atoms with Gasteiger partial charge in [0.1, 0.15) is 30.5 Å². The van der Waals surface area contributed by atoms with Crippen molar-refractivity contribution in [2.45, 2.75) is 146 Å². The largest absolute Gasteiger partial charge is 0.456 e. The molecule has 0 bridgehead atoms. The highest BCUT2D eigenvalue weighted by Gasteiger charge is 2.55. The van der Waals surface area contributed by atoms with Gasteiger partial charge in [0.25, 0.3) is 11.5 Å². The lowest BCUT2D eigenvalue weighted by Crippen LogP contribution is -2.54. The number of H-pyrrole nitrogens is 1. The molecule has 0 aliphatic carbocycles. The first-order valence-electron chi connectivity index (χ1n) is 18.8. The molecule has 3 aliphatic rings. The number of nitrogens with two attached hydrogens (primary N) is 1. The van der Waals surface area contributed by atoms with Crippen molar-refractivity contribution in [3.63, 3.8) is 0 Å². The fraction of sp³-hybridized carbons (Fsp3) is 0.722. The number of hydrogen-bond donors (Lipinski definition) is 6. The first-order valence-corrected chi connectivity index (χ1v) is 18.8. The molecule has 3 amide bonds. The summed E-state index contributed by atoms with van der Waals surface area (Å²) in [5.41, 5.74) is 4.15. The zero-order valence-electron chi connectivity index (χ0n) is 31.1. The van der Waals surface area contributed by atoms with Gasteiger partial charge in [-0.2, -0.15) is 0 Å². The molecule has 10 atom stereocenters. The molecule has 3 aliphatic heterocycles. The smallest absolute Gasteiger partial charge is 0.330 e. The van der Waals surface area contributed by atoms with Gasteiger partial charge in [0.2, 0.25) is 18.1 Å². The number of unbranched alkanes of at least 4 members (excludes halogenated alkanes) is 7. The third-order valence-electron chi connectivity index (χ3n) is 9.89. The predicted molar refractivity (Wildman–Crippen MR) is 190 cm³/mol. The molecular formula is C36H55N5O13. The van der Waals surface area contributed by atoms with Crippen LogP contribution in [0.5, 0.6) is 0 Å². The number of aliphatic hydroxyl groups is 2. The average molecular weight is 766 g/mol. The number of primary amides is 1. The highest BCUT2D eigenvalue weighted by molar-refractivity contribution is 5.95. The van der Waals surface area contributed by atoms with Gasteiger partial charge >= 0.3 is 11.7 Å². The normalized spacial score (nSPS) is 28.2. The number of esters is 1. The van der Waals surface area contributed by atoms with Crippen LogP contribution in [-0.2, 0) is 42.9 Å². The molecule has 18 heteroatoms. The molecule has 54 heavy (non-hydrogen) atoms. The Hall–Kier alpha value is -4.10. The van der Waals surface area contributed by atoms with E-state index in [-0.39, 0.29) is 0 Å².